The zero-order chi connectivity index (χ0) is 16.2. The lowest BCUT2D eigenvalue weighted by Gasteiger charge is -2.32. The van der Waals surface area contributed by atoms with Crippen LogP contribution in [-0.4, -0.2) is 41.6 Å². The van der Waals surface area contributed by atoms with Crippen LogP contribution in [0.4, 0.5) is 0 Å². The van der Waals surface area contributed by atoms with Gasteiger partial charge in [-0.15, -0.1) is 11.3 Å². The fraction of sp³-hybridized carbons (Fsp3) is 0.294. The van der Waals surface area contributed by atoms with Gasteiger partial charge in [-0.05, 0) is 29.1 Å². The molecular weight excluding hydrogens is 314 g/mol. The maximum atomic E-state index is 12.5. The van der Waals surface area contributed by atoms with Gasteiger partial charge in [-0.2, -0.15) is 0 Å². The summed E-state index contributed by atoms with van der Waals surface area (Å²) in [5.74, 6) is -0.923. The Kier molecular flexibility index (Phi) is 4.73. The van der Waals surface area contributed by atoms with Crippen molar-refractivity contribution >= 4 is 23.2 Å². The number of amides is 1. The van der Waals surface area contributed by atoms with Crippen molar-refractivity contribution in [2.75, 3.05) is 19.7 Å². The fourth-order valence-corrected chi connectivity index (χ4v) is 3.34. The van der Waals surface area contributed by atoms with Gasteiger partial charge in [0.05, 0.1) is 25.1 Å². The van der Waals surface area contributed by atoms with Crippen molar-refractivity contribution in [3.8, 4) is 0 Å². The van der Waals surface area contributed by atoms with E-state index >= 15 is 0 Å². The topological polar surface area (TPSA) is 66.8 Å². The van der Waals surface area contributed by atoms with Gasteiger partial charge in [0.1, 0.15) is 6.10 Å². The Hall–Kier alpha value is -2.18. The molecule has 1 aromatic heterocycles. The molecule has 3 rings (SSSR count). The molecule has 2 aromatic rings. The lowest BCUT2D eigenvalue weighted by Crippen LogP contribution is -2.42. The van der Waals surface area contributed by atoms with E-state index in [1.54, 1.807) is 23.5 Å². The molecule has 120 valence electrons. The van der Waals surface area contributed by atoms with Gasteiger partial charge in [0, 0.05) is 11.4 Å². The number of thiophene rings is 1. The Bertz CT molecular complexity index is 681. The lowest BCUT2D eigenvalue weighted by atomic mass is 10.1. The molecule has 6 heteroatoms. The third-order valence-corrected chi connectivity index (χ3v) is 4.80. The van der Waals surface area contributed by atoms with Gasteiger partial charge >= 0.3 is 5.97 Å². The molecule has 0 bridgehead atoms. The van der Waals surface area contributed by atoms with E-state index in [1.807, 2.05) is 22.4 Å². The summed E-state index contributed by atoms with van der Waals surface area (Å²) in [6.07, 6.45) is 0.221. The second-order valence-corrected chi connectivity index (χ2v) is 6.37. The molecule has 0 unspecified atom stereocenters. The molecule has 1 saturated heterocycles. The fourth-order valence-electron chi connectivity index (χ4n) is 2.57. The first kappa shape index (κ1) is 15.7. The molecule has 5 nitrogen and oxygen atoms in total. The molecular formula is C17H17NO4S. The van der Waals surface area contributed by atoms with E-state index in [9.17, 15) is 9.59 Å². The molecule has 1 amide bonds. The first-order chi connectivity index (χ1) is 11.1. The monoisotopic (exact) mass is 331 g/mol. The van der Waals surface area contributed by atoms with E-state index in [2.05, 4.69) is 0 Å². The van der Waals surface area contributed by atoms with Crippen LogP contribution in [0.3, 0.4) is 0 Å². The van der Waals surface area contributed by atoms with Gasteiger partial charge in [0.2, 0.25) is 5.91 Å². The summed E-state index contributed by atoms with van der Waals surface area (Å²) in [5, 5.41) is 10.9. The van der Waals surface area contributed by atoms with E-state index in [1.165, 1.54) is 12.1 Å². The van der Waals surface area contributed by atoms with Crippen molar-refractivity contribution in [2.45, 2.75) is 12.5 Å². The number of hydrogen-bond donors (Lipinski definition) is 1. The van der Waals surface area contributed by atoms with Gasteiger partial charge in [-0.1, -0.05) is 18.2 Å². The maximum absolute atomic E-state index is 12.5. The van der Waals surface area contributed by atoms with Crippen molar-refractivity contribution in [3.05, 3.63) is 57.8 Å². The molecule has 1 aliphatic heterocycles. The maximum Gasteiger partial charge on any atom is 0.335 e. The van der Waals surface area contributed by atoms with Crippen molar-refractivity contribution < 1.29 is 19.4 Å². The van der Waals surface area contributed by atoms with Crippen molar-refractivity contribution in [2.24, 2.45) is 0 Å². The quantitative estimate of drug-likeness (QED) is 0.935. The number of ether oxygens (including phenoxy) is 1. The van der Waals surface area contributed by atoms with Crippen LogP contribution in [0.5, 0.6) is 0 Å². The Morgan fingerprint density at radius 3 is 2.70 bits per heavy atom. The normalized spacial score (nSPS) is 17.9. The SMILES string of the molecule is O=C(O)c1ccc(CC(=O)N2CCO[C@H](c3cccs3)C2)cc1. The summed E-state index contributed by atoms with van der Waals surface area (Å²) in [6, 6.07) is 10.4. The molecule has 1 fully saturated rings. The van der Waals surface area contributed by atoms with Crippen molar-refractivity contribution in [1.82, 2.24) is 4.90 Å². The van der Waals surface area contributed by atoms with Gasteiger partial charge in [0.15, 0.2) is 0 Å². The number of nitrogens with zero attached hydrogens (tertiary/aromatic N) is 1. The molecule has 1 aromatic carbocycles. The molecule has 0 aliphatic carbocycles. The number of carbonyl (C=O) groups excluding carboxylic acids is 1. The van der Waals surface area contributed by atoms with Crippen LogP contribution in [0.1, 0.15) is 26.9 Å². The van der Waals surface area contributed by atoms with Gasteiger partial charge in [-0.3, -0.25) is 4.79 Å². The number of carbonyl (C=O) groups is 2. The molecule has 1 atom stereocenters. The summed E-state index contributed by atoms with van der Waals surface area (Å²) in [4.78, 5) is 26.3. The summed E-state index contributed by atoms with van der Waals surface area (Å²) < 4.78 is 5.75. The largest absolute Gasteiger partial charge is 0.478 e. The molecule has 1 N–H and O–H groups in total. The van der Waals surface area contributed by atoms with E-state index in [0.29, 0.717) is 19.7 Å². The minimum absolute atomic E-state index is 0.0398. The first-order valence-electron chi connectivity index (χ1n) is 7.38. The Labute approximate surface area is 138 Å². The number of carboxylic acids is 1. The highest BCUT2D eigenvalue weighted by Crippen LogP contribution is 2.26. The second kappa shape index (κ2) is 6.93. The summed E-state index contributed by atoms with van der Waals surface area (Å²) in [7, 11) is 0. The molecule has 0 radical (unpaired) electrons. The van der Waals surface area contributed by atoms with Gasteiger partial charge in [0.25, 0.3) is 0 Å². The number of carboxylic acid groups (broad SMARTS) is 1. The smallest absolute Gasteiger partial charge is 0.335 e. The summed E-state index contributed by atoms with van der Waals surface area (Å²) >= 11 is 1.63. The molecule has 0 saturated carbocycles. The van der Waals surface area contributed by atoms with Crippen LogP contribution in [0.2, 0.25) is 0 Å². The second-order valence-electron chi connectivity index (χ2n) is 5.39. The predicted molar refractivity (Wildman–Crippen MR) is 86.7 cm³/mol. The van der Waals surface area contributed by atoms with Gasteiger partial charge in [-0.25, -0.2) is 4.79 Å². The van der Waals surface area contributed by atoms with E-state index in [0.717, 1.165) is 10.4 Å². The predicted octanol–water partition coefficient (Wildman–Crippen LogP) is 2.59. The van der Waals surface area contributed by atoms with Crippen LogP contribution in [0.25, 0.3) is 0 Å². The third kappa shape index (κ3) is 3.78. The standard InChI is InChI=1S/C17H17NO4S/c19-16(10-12-3-5-13(6-4-12)17(20)21)18-7-8-22-14(11-18)15-2-1-9-23-15/h1-6,9,14H,7-8,10-11H2,(H,20,21)/t14-/m0/s1. The zero-order valence-electron chi connectivity index (χ0n) is 12.5. The summed E-state index contributed by atoms with van der Waals surface area (Å²) in [6.45, 7) is 1.69. The average Bonchev–Trinajstić information content (AvgIpc) is 3.10. The highest BCUT2D eigenvalue weighted by atomic mass is 32.1. The van der Waals surface area contributed by atoms with Crippen LogP contribution < -0.4 is 0 Å². The number of benzene rings is 1. The average molecular weight is 331 g/mol. The number of morpholine rings is 1. The molecule has 1 aliphatic rings. The molecule has 2 heterocycles. The first-order valence-corrected chi connectivity index (χ1v) is 8.26. The van der Waals surface area contributed by atoms with Crippen LogP contribution in [0, 0.1) is 0 Å². The number of rotatable bonds is 4. The van der Waals surface area contributed by atoms with Crippen molar-refractivity contribution in [3.63, 3.8) is 0 Å². The Morgan fingerprint density at radius 1 is 1.26 bits per heavy atom. The minimum Gasteiger partial charge on any atom is -0.478 e. The van der Waals surface area contributed by atoms with E-state index < -0.39 is 5.97 Å². The lowest BCUT2D eigenvalue weighted by molar-refractivity contribution is -0.138. The number of aromatic carboxylic acids is 1. The Morgan fingerprint density at radius 2 is 2.04 bits per heavy atom. The van der Waals surface area contributed by atoms with Crippen LogP contribution >= 0.6 is 11.3 Å². The highest BCUT2D eigenvalue weighted by molar-refractivity contribution is 7.10. The van der Waals surface area contributed by atoms with Gasteiger partial charge < -0.3 is 14.7 Å². The zero-order valence-corrected chi connectivity index (χ0v) is 13.3. The van der Waals surface area contributed by atoms with E-state index in [-0.39, 0.29) is 24.0 Å². The van der Waals surface area contributed by atoms with E-state index in [4.69, 9.17) is 9.84 Å². The highest BCUT2D eigenvalue weighted by Gasteiger charge is 2.25. The number of hydrogen-bond acceptors (Lipinski definition) is 4. The molecule has 0 spiro atoms. The van der Waals surface area contributed by atoms with Crippen LogP contribution in [0.15, 0.2) is 41.8 Å². The Balaban J connectivity index is 1.62. The summed E-state index contributed by atoms with van der Waals surface area (Å²) in [5.41, 5.74) is 1.05. The third-order valence-electron chi connectivity index (χ3n) is 3.84. The minimum atomic E-state index is -0.963. The molecule has 23 heavy (non-hydrogen) atoms. The van der Waals surface area contributed by atoms with Crippen molar-refractivity contribution in [1.29, 1.82) is 0 Å². The van der Waals surface area contributed by atoms with Crippen LogP contribution in [-0.2, 0) is 16.0 Å².